The topological polar surface area (TPSA) is 37.4 Å². The van der Waals surface area contributed by atoms with Crippen LogP contribution in [0, 0.1) is 0 Å². The Hall–Kier alpha value is -0.220. The lowest BCUT2D eigenvalue weighted by atomic mass is 10.2. The van der Waals surface area contributed by atoms with Crippen LogP contribution in [0.2, 0.25) is 0 Å². The van der Waals surface area contributed by atoms with E-state index in [-0.39, 0.29) is 6.04 Å². The second kappa shape index (κ2) is 3.25. The average Bonchev–Trinajstić information content (AvgIpc) is 2.33. The molecule has 0 aliphatic carbocycles. The minimum absolute atomic E-state index is 0.0918. The van der Waals surface area contributed by atoms with Gasteiger partial charge in [-0.25, -0.2) is 8.51 Å². The Morgan fingerprint density at radius 2 is 2.40 bits per heavy atom. The van der Waals surface area contributed by atoms with Gasteiger partial charge in [0.2, 0.25) is 0 Å². The zero-order valence-corrected chi connectivity index (χ0v) is 6.76. The van der Waals surface area contributed by atoms with Crippen LogP contribution in [-0.2, 0) is 15.8 Å². The SMILES string of the molecule is CS(=O)N1CCCC1C=O. The number of nitrogens with zero attached hydrogens (tertiary/aromatic N) is 1. The van der Waals surface area contributed by atoms with Gasteiger partial charge in [0.15, 0.2) is 0 Å². The summed E-state index contributed by atoms with van der Waals surface area (Å²) in [6, 6.07) is -0.0918. The molecule has 3 nitrogen and oxygen atoms in total. The van der Waals surface area contributed by atoms with E-state index in [0.717, 1.165) is 25.7 Å². The molecule has 1 aliphatic heterocycles. The van der Waals surface area contributed by atoms with Crippen LogP contribution in [0.15, 0.2) is 0 Å². The summed E-state index contributed by atoms with van der Waals surface area (Å²) in [5.74, 6) is 0. The van der Waals surface area contributed by atoms with Gasteiger partial charge in [-0.15, -0.1) is 0 Å². The second-order valence-corrected chi connectivity index (χ2v) is 3.73. The molecule has 10 heavy (non-hydrogen) atoms. The van der Waals surface area contributed by atoms with Crippen molar-refractivity contribution in [2.75, 3.05) is 12.8 Å². The second-order valence-electron chi connectivity index (χ2n) is 2.41. The molecule has 0 radical (unpaired) electrons. The van der Waals surface area contributed by atoms with Gasteiger partial charge in [-0.2, -0.15) is 0 Å². The van der Waals surface area contributed by atoms with Gasteiger partial charge < -0.3 is 4.79 Å². The number of hydrogen-bond acceptors (Lipinski definition) is 2. The van der Waals surface area contributed by atoms with Crippen molar-refractivity contribution in [2.45, 2.75) is 18.9 Å². The third-order valence-electron chi connectivity index (χ3n) is 1.74. The lowest BCUT2D eigenvalue weighted by Crippen LogP contribution is -2.31. The smallest absolute Gasteiger partial charge is 0.138 e. The average molecular weight is 161 g/mol. The van der Waals surface area contributed by atoms with Gasteiger partial charge >= 0.3 is 0 Å². The van der Waals surface area contributed by atoms with Gasteiger partial charge in [0.05, 0.1) is 17.0 Å². The maximum Gasteiger partial charge on any atom is 0.138 e. The highest BCUT2D eigenvalue weighted by Crippen LogP contribution is 2.15. The molecular weight excluding hydrogens is 150 g/mol. The Morgan fingerprint density at radius 1 is 1.70 bits per heavy atom. The molecule has 2 atom stereocenters. The van der Waals surface area contributed by atoms with Gasteiger partial charge in [0, 0.05) is 12.8 Å². The lowest BCUT2D eigenvalue weighted by Gasteiger charge is -2.14. The predicted octanol–water partition coefficient (Wildman–Crippen LogP) is -0.0568. The predicted molar refractivity (Wildman–Crippen MR) is 39.9 cm³/mol. The van der Waals surface area contributed by atoms with Crippen LogP contribution < -0.4 is 0 Å². The minimum atomic E-state index is -0.969. The third kappa shape index (κ3) is 1.44. The molecule has 0 saturated carbocycles. The number of carbonyl (C=O) groups excluding carboxylic acids is 1. The Morgan fingerprint density at radius 3 is 2.80 bits per heavy atom. The molecule has 4 heteroatoms. The van der Waals surface area contributed by atoms with Crippen molar-refractivity contribution in [1.29, 1.82) is 0 Å². The number of hydrogen-bond donors (Lipinski definition) is 0. The fourth-order valence-electron chi connectivity index (χ4n) is 1.22. The van der Waals surface area contributed by atoms with Crippen LogP contribution >= 0.6 is 0 Å². The Labute approximate surface area is 63.0 Å². The Kier molecular flexibility index (Phi) is 2.56. The number of rotatable bonds is 2. The quantitative estimate of drug-likeness (QED) is 0.532. The van der Waals surface area contributed by atoms with E-state index in [0.29, 0.717) is 0 Å². The van der Waals surface area contributed by atoms with Crippen LogP contribution in [0.3, 0.4) is 0 Å². The molecule has 1 aliphatic rings. The first-order valence-electron chi connectivity index (χ1n) is 3.31. The molecule has 0 aromatic rings. The molecule has 0 spiro atoms. The van der Waals surface area contributed by atoms with Gasteiger partial charge in [0.25, 0.3) is 0 Å². The molecule has 0 amide bonds. The fourth-order valence-corrected chi connectivity index (χ4v) is 2.14. The molecule has 1 heterocycles. The van der Waals surface area contributed by atoms with Crippen molar-refractivity contribution < 1.29 is 9.00 Å². The molecular formula is C6H11NO2S. The van der Waals surface area contributed by atoms with E-state index >= 15 is 0 Å². The molecule has 0 aromatic carbocycles. The van der Waals surface area contributed by atoms with Crippen LogP contribution in [-0.4, -0.2) is 33.6 Å². The summed E-state index contributed by atoms with van der Waals surface area (Å²) in [6.07, 6.45) is 4.35. The van der Waals surface area contributed by atoms with E-state index < -0.39 is 11.0 Å². The monoisotopic (exact) mass is 161 g/mol. The summed E-state index contributed by atoms with van der Waals surface area (Å²) < 4.78 is 12.6. The van der Waals surface area contributed by atoms with Crippen molar-refractivity contribution in [3.05, 3.63) is 0 Å². The van der Waals surface area contributed by atoms with Crippen LogP contribution in [0.1, 0.15) is 12.8 Å². The highest BCUT2D eigenvalue weighted by atomic mass is 32.2. The van der Waals surface area contributed by atoms with Crippen LogP contribution in [0.4, 0.5) is 0 Å². The first-order chi connectivity index (χ1) is 4.75. The van der Waals surface area contributed by atoms with Gasteiger partial charge in [-0.05, 0) is 12.8 Å². The van der Waals surface area contributed by atoms with Crippen molar-refractivity contribution in [2.24, 2.45) is 0 Å². The van der Waals surface area contributed by atoms with Gasteiger partial charge in [-0.1, -0.05) is 0 Å². The molecule has 0 N–H and O–H groups in total. The van der Waals surface area contributed by atoms with E-state index in [2.05, 4.69) is 0 Å². The highest BCUT2D eigenvalue weighted by molar-refractivity contribution is 7.81. The Balaban J connectivity index is 2.58. The largest absolute Gasteiger partial charge is 0.302 e. The highest BCUT2D eigenvalue weighted by Gasteiger charge is 2.25. The molecule has 1 fully saturated rings. The summed E-state index contributed by atoms with van der Waals surface area (Å²) in [7, 11) is -0.969. The normalized spacial score (nSPS) is 30.3. The van der Waals surface area contributed by atoms with Gasteiger partial charge in [-0.3, -0.25) is 0 Å². The van der Waals surface area contributed by atoms with E-state index in [1.165, 1.54) is 0 Å². The maximum absolute atomic E-state index is 10.9. The molecule has 58 valence electrons. The first kappa shape index (κ1) is 7.88. The zero-order valence-electron chi connectivity index (χ0n) is 5.95. The summed E-state index contributed by atoms with van der Waals surface area (Å²) >= 11 is 0. The first-order valence-corrected chi connectivity index (χ1v) is 4.82. The lowest BCUT2D eigenvalue weighted by molar-refractivity contribution is -0.110. The van der Waals surface area contributed by atoms with Gasteiger partial charge in [0.1, 0.15) is 6.29 Å². The van der Waals surface area contributed by atoms with E-state index in [1.807, 2.05) is 0 Å². The summed E-state index contributed by atoms with van der Waals surface area (Å²) in [6.45, 7) is 0.798. The van der Waals surface area contributed by atoms with Crippen molar-refractivity contribution in [3.8, 4) is 0 Å². The number of aldehydes is 1. The summed E-state index contributed by atoms with van der Waals surface area (Å²) in [4.78, 5) is 10.3. The molecule has 2 unspecified atom stereocenters. The van der Waals surface area contributed by atoms with Crippen LogP contribution in [0.25, 0.3) is 0 Å². The van der Waals surface area contributed by atoms with Crippen molar-refractivity contribution in [1.82, 2.24) is 4.31 Å². The van der Waals surface area contributed by atoms with E-state index in [9.17, 15) is 9.00 Å². The zero-order chi connectivity index (χ0) is 7.56. The standard InChI is InChI=1S/C6H11NO2S/c1-10(9)7-4-2-3-6(7)5-8/h5-6H,2-4H2,1H3. The fraction of sp³-hybridized carbons (Fsp3) is 0.833. The molecule has 0 bridgehead atoms. The molecule has 1 rings (SSSR count). The maximum atomic E-state index is 10.9. The van der Waals surface area contributed by atoms with E-state index in [1.54, 1.807) is 10.6 Å². The third-order valence-corrected chi connectivity index (χ3v) is 2.85. The Bertz CT molecular complexity index is 160. The van der Waals surface area contributed by atoms with Crippen LogP contribution in [0.5, 0.6) is 0 Å². The molecule has 0 aromatic heterocycles. The number of carbonyl (C=O) groups is 1. The minimum Gasteiger partial charge on any atom is -0.302 e. The molecule has 1 saturated heterocycles. The van der Waals surface area contributed by atoms with Crippen molar-refractivity contribution >= 4 is 17.3 Å². The van der Waals surface area contributed by atoms with Crippen molar-refractivity contribution in [3.63, 3.8) is 0 Å². The van der Waals surface area contributed by atoms with E-state index in [4.69, 9.17) is 0 Å². The summed E-state index contributed by atoms with van der Waals surface area (Å²) in [5, 5.41) is 0. The summed E-state index contributed by atoms with van der Waals surface area (Å²) in [5.41, 5.74) is 0.